The van der Waals surface area contributed by atoms with E-state index in [9.17, 15) is 22.6 Å². The van der Waals surface area contributed by atoms with Crippen LogP contribution in [0.1, 0.15) is 117 Å². The topological polar surface area (TPSA) is 167 Å². The number of unbranched alkanes of at least 4 members (excludes halogenated alkanes) is 1. The fourth-order valence-electron chi connectivity index (χ4n) is 1.67. The molecular formula is C32H71O12S-. The Kier molecular flexibility index (Phi) is 48.7. The molecule has 0 saturated carbocycles. The molecule has 0 aliphatic heterocycles. The van der Waals surface area contributed by atoms with E-state index in [1.807, 2.05) is 55.4 Å². The predicted octanol–water partition coefficient (Wildman–Crippen LogP) is 5.57. The van der Waals surface area contributed by atoms with Crippen molar-refractivity contribution in [3.8, 4) is 0 Å². The first-order valence-corrected chi connectivity index (χ1v) is 17.1. The first-order chi connectivity index (χ1) is 20.4. The summed E-state index contributed by atoms with van der Waals surface area (Å²) in [7, 11) is -0.953. The van der Waals surface area contributed by atoms with Gasteiger partial charge < -0.3 is 38.1 Å². The van der Waals surface area contributed by atoms with Gasteiger partial charge in [-0.25, -0.2) is 8.42 Å². The van der Waals surface area contributed by atoms with E-state index < -0.39 is 22.0 Å². The number of carbonyl (C=O) groups excluding carboxylic acids is 2. The van der Waals surface area contributed by atoms with Gasteiger partial charge in [-0.15, -0.1) is 0 Å². The Labute approximate surface area is 277 Å². The summed E-state index contributed by atoms with van der Waals surface area (Å²) in [5.74, 6) is -0.923. The predicted molar refractivity (Wildman–Crippen MR) is 181 cm³/mol. The van der Waals surface area contributed by atoms with Crippen molar-refractivity contribution in [3.63, 3.8) is 0 Å². The highest BCUT2D eigenvalue weighted by molar-refractivity contribution is 7.85. The average Bonchev–Trinajstić information content (AvgIpc) is 2.86. The molecule has 278 valence electrons. The van der Waals surface area contributed by atoms with E-state index in [4.69, 9.17) is 28.8 Å². The highest BCUT2D eigenvalue weighted by Crippen LogP contribution is 1.95. The van der Waals surface area contributed by atoms with E-state index in [-0.39, 0.29) is 43.3 Å². The van der Waals surface area contributed by atoms with Crippen molar-refractivity contribution in [2.45, 2.75) is 159 Å². The molecule has 13 heteroatoms. The zero-order chi connectivity index (χ0) is 37.2. The van der Waals surface area contributed by atoms with Gasteiger partial charge in [0, 0.05) is 27.8 Å². The largest absolute Gasteiger partial charge is 0.748 e. The van der Waals surface area contributed by atoms with Gasteiger partial charge in [-0.1, -0.05) is 13.3 Å². The van der Waals surface area contributed by atoms with Gasteiger partial charge in [0.2, 0.25) is 0 Å². The summed E-state index contributed by atoms with van der Waals surface area (Å²) in [5, 5.41) is 8.93. The van der Waals surface area contributed by atoms with Gasteiger partial charge in [0.05, 0.1) is 65.2 Å². The van der Waals surface area contributed by atoms with Gasteiger partial charge in [-0.3, -0.25) is 9.59 Å². The highest BCUT2D eigenvalue weighted by atomic mass is 32.2. The van der Waals surface area contributed by atoms with Crippen molar-refractivity contribution in [1.29, 1.82) is 0 Å². The fraction of sp³-hybridized carbons (Fsp3) is 0.938. The molecule has 0 spiro atoms. The van der Waals surface area contributed by atoms with Crippen LogP contribution in [0, 0.1) is 0 Å². The van der Waals surface area contributed by atoms with E-state index in [0.29, 0.717) is 18.3 Å². The molecular weight excluding hydrogens is 608 g/mol. The Morgan fingerprint density at radius 1 is 0.689 bits per heavy atom. The van der Waals surface area contributed by atoms with Crippen molar-refractivity contribution in [1.82, 2.24) is 0 Å². The molecule has 0 aliphatic rings. The van der Waals surface area contributed by atoms with Crippen LogP contribution >= 0.6 is 0 Å². The number of aliphatic hydroxyl groups excluding tert-OH is 1. The van der Waals surface area contributed by atoms with E-state index in [1.165, 1.54) is 26.7 Å². The third-order valence-corrected chi connectivity index (χ3v) is 4.72. The standard InChI is InChI=1S/C7H16O.C6H14O5S.C6H12O2.C5H10O2.2C4H10O/c1-4-5-6-8-7(2)3;1-5(2)11-3-6(7)4-12(8,9)10;1-5(2)8-4-6(3)7;1-4(2)7-5(3)6;2*1-4(2)5-3/h7H,4-6H2,1-3H3;5-7H,3-4H2,1-2H3,(H,8,9,10);5H,4H2,1-3H3;4H,1-3H3;2*4H,1-3H3/p-1. The lowest BCUT2D eigenvalue weighted by Gasteiger charge is -2.14. The van der Waals surface area contributed by atoms with E-state index >= 15 is 0 Å². The van der Waals surface area contributed by atoms with Crippen LogP contribution in [0.4, 0.5) is 0 Å². The second-order valence-electron chi connectivity index (χ2n) is 11.3. The summed E-state index contributed by atoms with van der Waals surface area (Å²) in [6.07, 6.45) is 2.47. The zero-order valence-electron chi connectivity index (χ0n) is 31.6. The van der Waals surface area contributed by atoms with Crippen molar-refractivity contribution in [2.24, 2.45) is 0 Å². The molecule has 0 bridgehead atoms. The molecule has 0 heterocycles. The lowest BCUT2D eigenvalue weighted by Crippen LogP contribution is -2.26. The Morgan fingerprint density at radius 3 is 1.24 bits per heavy atom. The molecule has 0 aromatic carbocycles. The molecule has 0 aromatic rings. The molecule has 0 amide bonds. The minimum Gasteiger partial charge on any atom is -0.748 e. The maximum Gasteiger partial charge on any atom is 0.302 e. The Hall–Kier alpha value is -1.19. The molecule has 12 nitrogen and oxygen atoms in total. The number of methoxy groups -OCH3 is 2. The zero-order valence-corrected chi connectivity index (χ0v) is 32.4. The Morgan fingerprint density at radius 2 is 1.07 bits per heavy atom. The first kappa shape index (κ1) is 56.2. The van der Waals surface area contributed by atoms with Crippen molar-refractivity contribution in [2.75, 3.05) is 39.8 Å². The van der Waals surface area contributed by atoms with Gasteiger partial charge in [0.15, 0.2) is 5.78 Å². The molecule has 0 saturated heterocycles. The summed E-state index contributed by atoms with van der Waals surface area (Å²) in [4.78, 5) is 20.3. The molecule has 1 unspecified atom stereocenters. The van der Waals surface area contributed by atoms with Crippen LogP contribution in [0.2, 0.25) is 0 Å². The Bertz CT molecular complexity index is 699. The number of esters is 1. The van der Waals surface area contributed by atoms with E-state index in [0.717, 1.165) is 6.61 Å². The average molecular weight is 680 g/mol. The number of ketones is 1. The molecule has 45 heavy (non-hydrogen) atoms. The van der Waals surface area contributed by atoms with Crippen LogP contribution in [0.15, 0.2) is 0 Å². The summed E-state index contributed by atoms with van der Waals surface area (Å²) in [6, 6.07) is 0. The van der Waals surface area contributed by atoms with Crippen LogP contribution in [-0.4, -0.2) is 112 Å². The van der Waals surface area contributed by atoms with Crippen molar-refractivity contribution >= 4 is 21.9 Å². The van der Waals surface area contributed by atoms with Gasteiger partial charge in [-0.05, 0) is 96.4 Å². The first-order valence-electron chi connectivity index (χ1n) is 15.6. The fourth-order valence-corrected chi connectivity index (χ4v) is 2.23. The number of hydrogen-bond acceptors (Lipinski definition) is 12. The van der Waals surface area contributed by atoms with Gasteiger partial charge in [0.1, 0.15) is 6.61 Å². The summed E-state index contributed by atoms with van der Waals surface area (Å²) in [6.45, 7) is 29.2. The van der Waals surface area contributed by atoms with Crippen LogP contribution in [-0.2, 0) is 48.1 Å². The minimum absolute atomic E-state index is 0.0255. The molecule has 0 rings (SSSR count). The summed E-state index contributed by atoms with van der Waals surface area (Å²) >= 11 is 0. The van der Waals surface area contributed by atoms with Gasteiger partial charge >= 0.3 is 5.97 Å². The summed E-state index contributed by atoms with van der Waals surface area (Å²) < 4.78 is 59.6. The van der Waals surface area contributed by atoms with E-state index in [2.05, 4.69) is 25.5 Å². The van der Waals surface area contributed by atoms with Gasteiger partial charge in [0.25, 0.3) is 0 Å². The Balaban J connectivity index is -0.000000104. The normalized spacial score (nSPS) is 11.2. The number of aliphatic hydroxyl groups is 1. The number of carbonyl (C=O) groups is 2. The molecule has 0 fully saturated rings. The number of ether oxygens (including phenoxy) is 6. The molecule has 0 aliphatic carbocycles. The molecule has 1 N–H and O–H groups in total. The molecule has 1 atom stereocenters. The number of Topliss-reactive ketones (excluding diaryl/α,β-unsaturated/α-hetero) is 1. The number of hydrogen-bond donors (Lipinski definition) is 1. The smallest absolute Gasteiger partial charge is 0.302 e. The number of rotatable bonds is 15. The quantitative estimate of drug-likeness (QED) is 0.130. The van der Waals surface area contributed by atoms with Crippen LogP contribution < -0.4 is 0 Å². The van der Waals surface area contributed by atoms with Crippen LogP contribution in [0.5, 0.6) is 0 Å². The third-order valence-electron chi connectivity index (χ3n) is 3.93. The highest BCUT2D eigenvalue weighted by Gasteiger charge is 2.09. The maximum absolute atomic E-state index is 10.2. The van der Waals surface area contributed by atoms with Crippen molar-refractivity contribution < 1.29 is 56.1 Å². The van der Waals surface area contributed by atoms with Crippen LogP contribution in [0.3, 0.4) is 0 Å². The second-order valence-corrected chi connectivity index (χ2v) is 12.8. The SMILES string of the molecule is CC(=O)COC(C)C.CC(=O)OC(C)C.CC(C)OCC(O)CS(=O)(=O)[O-].CCCCOC(C)C.COC(C)C.COC(C)C. The maximum atomic E-state index is 10.2. The molecule has 0 aromatic heterocycles. The molecule has 0 radical (unpaired) electrons. The van der Waals surface area contributed by atoms with Crippen LogP contribution in [0.25, 0.3) is 0 Å². The van der Waals surface area contributed by atoms with E-state index in [1.54, 1.807) is 28.1 Å². The van der Waals surface area contributed by atoms with Crippen molar-refractivity contribution in [3.05, 3.63) is 0 Å². The van der Waals surface area contributed by atoms with Gasteiger partial charge in [-0.2, -0.15) is 0 Å². The lowest BCUT2D eigenvalue weighted by atomic mass is 10.3. The summed E-state index contributed by atoms with van der Waals surface area (Å²) in [5.41, 5.74) is 0. The monoisotopic (exact) mass is 679 g/mol. The second kappa shape index (κ2) is 39.0. The third kappa shape index (κ3) is 99.2. The lowest BCUT2D eigenvalue weighted by molar-refractivity contribution is -0.144. The minimum atomic E-state index is -4.35.